The van der Waals surface area contributed by atoms with E-state index in [1.165, 1.54) is 23.9 Å². The van der Waals surface area contributed by atoms with E-state index in [1.54, 1.807) is 24.3 Å². The van der Waals surface area contributed by atoms with Crippen LogP contribution in [0.5, 0.6) is 0 Å². The highest BCUT2D eigenvalue weighted by Gasteiger charge is 2.23. The van der Waals surface area contributed by atoms with Crippen molar-refractivity contribution in [3.63, 3.8) is 0 Å². The maximum atomic E-state index is 13.1. The summed E-state index contributed by atoms with van der Waals surface area (Å²) in [5, 5.41) is 9.79. The van der Waals surface area contributed by atoms with Gasteiger partial charge in [0.25, 0.3) is 11.8 Å². The van der Waals surface area contributed by atoms with E-state index >= 15 is 0 Å². The molecule has 2 amide bonds. The van der Waals surface area contributed by atoms with Gasteiger partial charge in [-0.25, -0.2) is 9.67 Å². The van der Waals surface area contributed by atoms with Gasteiger partial charge in [-0.3, -0.25) is 14.4 Å². The fourth-order valence-electron chi connectivity index (χ4n) is 2.57. The molecule has 0 aliphatic rings. The molecule has 2 heterocycles. The standard InChI is InChI=1S/C19H13Br3ClN5O3/c1-9(29)8-25-18(30)11-5-10(20)6-12(21)16(11)26-19(31)14-7-15(22)27-28(14)17-13(23)3-2-4-24-17/h2-7H,8H2,1H3,(H,25,30)(H,26,31). The third kappa shape index (κ3) is 5.59. The van der Waals surface area contributed by atoms with Gasteiger partial charge >= 0.3 is 0 Å². The first-order valence-corrected chi connectivity index (χ1v) is 11.4. The number of nitrogens with zero attached hydrogens (tertiary/aromatic N) is 3. The summed E-state index contributed by atoms with van der Waals surface area (Å²) in [5.41, 5.74) is 0.527. The molecule has 0 saturated carbocycles. The number of carbonyl (C=O) groups is 3. The number of nitrogens with one attached hydrogen (secondary N) is 2. The minimum absolute atomic E-state index is 0.131. The second-order valence-electron chi connectivity index (χ2n) is 6.22. The number of ketones is 1. The Morgan fingerprint density at radius 3 is 2.55 bits per heavy atom. The van der Waals surface area contributed by atoms with Crippen molar-refractivity contribution < 1.29 is 14.4 Å². The van der Waals surface area contributed by atoms with E-state index in [1.807, 2.05) is 0 Å². The Morgan fingerprint density at radius 2 is 1.87 bits per heavy atom. The summed E-state index contributed by atoms with van der Waals surface area (Å²) < 4.78 is 2.76. The summed E-state index contributed by atoms with van der Waals surface area (Å²) in [6, 6.07) is 8.01. The molecule has 2 aromatic heterocycles. The number of pyridine rings is 1. The molecule has 3 rings (SSSR count). The molecule has 0 aliphatic carbocycles. The van der Waals surface area contributed by atoms with Crippen LogP contribution >= 0.6 is 59.4 Å². The van der Waals surface area contributed by atoms with E-state index in [0.717, 1.165) is 0 Å². The summed E-state index contributed by atoms with van der Waals surface area (Å²) in [7, 11) is 0. The molecule has 0 saturated heterocycles. The molecule has 8 nitrogen and oxygen atoms in total. The van der Waals surface area contributed by atoms with Crippen LogP contribution in [0.25, 0.3) is 5.82 Å². The van der Waals surface area contributed by atoms with Crippen molar-refractivity contribution in [1.82, 2.24) is 20.1 Å². The van der Waals surface area contributed by atoms with Crippen LogP contribution in [0.15, 0.2) is 50.1 Å². The van der Waals surface area contributed by atoms with Crippen molar-refractivity contribution in [2.24, 2.45) is 0 Å². The lowest BCUT2D eigenvalue weighted by Gasteiger charge is -2.14. The van der Waals surface area contributed by atoms with Gasteiger partial charge in [0.05, 0.1) is 22.8 Å². The Balaban J connectivity index is 1.99. The zero-order chi connectivity index (χ0) is 22.7. The number of aromatic nitrogens is 3. The van der Waals surface area contributed by atoms with Crippen LogP contribution in [0.2, 0.25) is 5.02 Å². The Bertz CT molecular complexity index is 1200. The lowest BCUT2D eigenvalue weighted by Crippen LogP contribution is -2.29. The van der Waals surface area contributed by atoms with Gasteiger partial charge in [0, 0.05) is 21.2 Å². The molecule has 0 unspecified atom stereocenters. The summed E-state index contributed by atoms with van der Waals surface area (Å²) >= 11 is 16.2. The molecule has 1 aromatic carbocycles. The highest BCUT2D eigenvalue weighted by atomic mass is 79.9. The Labute approximate surface area is 207 Å². The zero-order valence-corrected chi connectivity index (χ0v) is 21.3. The second-order valence-corrected chi connectivity index (χ2v) is 9.21. The molecule has 3 aromatic rings. The van der Waals surface area contributed by atoms with Crippen molar-refractivity contribution in [3.8, 4) is 5.82 Å². The molecule has 0 fully saturated rings. The van der Waals surface area contributed by atoms with Gasteiger partial charge in [0.2, 0.25) is 0 Å². The maximum absolute atomic E-state index is 13.1. The number of anilines is 1. The Kier molecular flexibility index (Phi) is 7.63. The zero-order valence-electron chi connectivity index (χ0n) is 15.7. The number of carbonyl (C=O) groups excluding carboxylic acids is 3. The first-order valence-electron chi connectivity index (χ1n) is 8.62. The van der Waals surface area contributed by atoms with Gasteiger partial charge in [-0.2, -0.15) is 5.10 Å². The first kappa shape index (κ1) is 23.6. The van der Waals surface area contributed by atoms with Gasteiger partial charge in [-0.1, -0.05) is 27.5 Å². The molecule has 0 atom stereocenters. The third-order valence-corrected chi connectivity index (χ3v) is 5.65. The smallest absolute Gasteiger partial charge is 0.274 e. The summed E-state index contributed by atoms with van der Waals surface area (Å²) in [6.45, 7) is 1.23. The molecule has 0 aliphatic heterocycles. The molecule has 160 valence electrons. The molecule has 12 heteroatoms. The summed E-state index contributed by atoms with van der Waals surface area (Å²) in [6.07, 6.45) is 1.53. The van der Waals surface area contributed by atoms with E-state index < -0.39 is 11.8 Å². The number of amides is 2. The Hall–Kier alpha value is -2.08. The predicted molar refractivity (Wildman–Crippen MR) is 127 cm³/mol. The third-order valence-electron chi connectivity index (χ3n) is 3.89. The molecule has 0 spiro atoms. The first-order chi connectivity index (χ1) is 14.7. The van der Waals surface area contributed by atoms with Crippen molar-refractivity contribution in [2.45, 2.75) is 6.92 Å². The number of benzene rings is 1. The number of Topliss-reactive ketones (excluding diaryl/α,β-unsaturated/α-hetero) is 1. The van der Waals surface area contributed by atoms with E-state index in [-0.39, 0.29) is 35.1 Å². The highest BCUT2D eigenvalue weighted by molar-refractivity contribution is 9.11. The molecule has 0 bridgehead atoms. The van der Waals surface area contributed by atoms with Gasteiger partial charge in [-0.15, -0.1) is 0 Å². The summed E-state index contributed by atoms with van der Waals surface area (Å²) in [4.78, 5) is 41.2. The minimum atomic E-state index is -0.552. The monoisotopic (exact) mass is 631 g/mol. The summed E-state index contributed by atoms with van der Waals surface area (Å²) in [5.74, 6) is -0.998. The SMILES string of the molecule is CC(=O)CNC(=O)c1cc(Br)cc(Br)c1NC(=O)c1cc(Br)nn1-c1ncccc1Cl. The average Bonchev–Trinajstić information content (AvgIpc) is 3.09. The number of halogens is 4. The Morgan fingerprint density at radius 1 is 1.13 bits per heavy atom. The van der Waals surface area contributed by atoms with Gasteiger partial charge in [0.15, 0.2) is 5.82 Å². The molecular weight excluding hydrogens is 621 g/mol. The lowest BCUT2D eigenvalue weighted by molar-refractivity contribution is -0.116. The average molecular weight is 635 g/mol. The lowest BCUT2D eigenvalue weighted by atomic mass is 10.1. The van der Waals surface area contributed by atoms with Crippen LogP contribution in [-0.2, 0) is 4.79 Å². The van der Waals surface area contributed by atoms with Crippen LogP contribution < -0.4 is 10.6 Å². The highest BCUT2D eigenvalue weighted by Crippen LogP contribution is 2.32. The van der Waals surface area contributed by atoms with Crippen molar-refractivity contribution >= 4 is 82.7 Å². The van der Waals surface area contributed by atoms with Crippen LogP contribution in [-0.4, -0.2) is 38.9 Å². The van der Waals surface area contributed by atoms with Gasteiger partial charge in [0.1, 0.15) is 16.1 Å². The van der Waals surface area contributed by atoms with Crippen molar-refractivity contribution in [2.75, 3.05) is 11.9 Å². The van der Waals surface area contributed by atoms with E-state index in [9.17, 15) is 14.4 Å². The molecule has 2 N–H and O–H groups in total. The van der Waals surface area contributed by atoms with Gasteiger partial charge < -0.3 is 10.6 Å². The second kappa shape index (κ2) is 10.0. The van der Waals surface area contributed by atoms with Crippen molar-refractivity contribution in [1.29, 1.82) is 0 Å². The number of hydrogen-bond acceptors (Lipinski definition) is 5. The van der Waals surface area contributed by atoms with Crippen molar-refractivity contribution in [3.05, 3.63) is 66.4 Å². The van der Waals surface area contributed by atoms with Crippen LogP contribution in [0.3, 0.4) is 0 Å². The van der Waals surface area contributed by atoms with Crippen LogP contribution in [0, 0.1) is 0 Å². The predicted octanol–water partition coefficient (Wildman–Crippen LogP) is 4.78. The number of rotatable bonds is 6. The quantitative estimate of drug-likeness (QED) is 0.406. The van der Waals surface area contributed by atoms with Gasteiger partial charge in [-0.05, 0) is 63.0 Å². The van der Waals surface area contributed by atoms with E-state index in [2.05, 4.69) is 68.5 Å². The molecule has 0 radical (unpaired) electrons. The van der Waals surface area contributed by atoms with Crippen LogP contribution in [0.4, 0.5) is 5.69 Å². The normalized spacial score (nSPS) is 10.6. The minimum Gasteiger partial charge on any atom is -0.345 e. The molecule has 31 heavy (non-hydrogen) atoms. The number of hydrogen-bond donors (Lipinski definition) is 2. The topological polar surface area (TPSA) is 106 Å². The molecular formula is C19H13Br3ClN5O3. The fourth-order valence-corrected chi connectivity index (χ4v) is 4.47. The maximum Gasteiger partial charge on any atom is 0.274 e. The van der Waals surface area contributed by atoms with E-state index in [0.29, 0.717) is 18.6 Å². The largest absolute Gasteiger partial charge is 0.345 e. The fraction of sp³-hybridized carbons (Fsp3) is 0.105. The van der Waals surface area contributed by atoms with E-state index in [4.69, 9.17) is 11.6 Å². The van der Waals surface area contributed by atoms with Crippen LogP contribution in [0.1, 0.15) is 27.8 Å².